The van der Waals surface area contributed by atoms with Crippen LogP contribution in [0, 0.1) is 5.92 Å². The van der Waals surface area contributed by atoms with Gasteiger partial charge in [-0.25, -0.2) is 4.79 Å². The Morgan fingerprint density at radius 1 is 1.21 bits per heavy atom. The number of nitrogens with one attached hydrogen (secondary N) is 3. The monoisotopic (exact) mass is 332 g/mol. The number of carbonyl (C=O) groups excluding carboxylic acids is 4. The van der Waals surface area contributed by atoms with Crippen LogP contribution >= 0.6 is 0 Å². The molecule has 0 radical (unpaired) electrons. The van der Waals surface area contributed by atoms with E-state index < -0.39 is 11.9 Å². The van der Waals surface area contributed by atoms with E-state index >= 15 is 0 Å². The first kappa shape index (κ1) is 17.5. The van der Waals surface area contributed by atoms with E-state index in [1.807, 2.05) is 13.8 Å². The Morgan fingerprint density at radius 3 is 2.54 bits per heavy atom. The molecule has 8 heteroatoms. The van der Waals surface area contributed by atoms with E-state index in [-0.39, 0.29) is 36.4 Å². The summed E-state index contributed by atoms with van der Waals surface area (Å²) in [7, 11) is 0. The van der Waals surface area contributed by atoms with E-state index in [0.717, 1.165) is 4.90 Å². The Balaban J connectivity index is 2.05. The number of nitrogens with zero attached hydrogens (tertiary/aromatic N) is 1. The molecule has 0 atom stereocenters. The Kier molecular flexibility index (Phi) is 5.51. The van der Waals surface area contributed by atoms with E-state index in [1.165, 1.54) is 0 Å². The minimum atomic E-state index is -0.505. The second-order valence-electron chi connectivity index (χ2n) is 5.90. The van der Waals surface area contributed by atoms with Crippen LogP contribution in [0.1, 0.15) is 36.2 Å². The first-order valence-electron chi connectivity index (χ1n) is 7.63. The highest BCUT2D eigenvalue weighted by molar-refractivity contribution is 6.02. The lowest BCUT2D eigenvalue weighted by Crippen LogP contribution is -2.42. The van der Waals surface area contributed by atoms with E-state index in [1.54, 1.807) is 24.3 Å². The highest BCUT2D eigenvalue weighted by atomic mass is 16.2. The summed E-state index contributed by atoms with van der Waals surface area (Å²) in [6.07, 6.45) is 0.296. The number of benzene rings is 1. The number of imide groups is 1. The van der Waals surface area contributed by atoms with Gasteiger partial charge in [-0.1, -0.05) is 32.0 Å². The van der Waals surface area contributed by atoms with E-state index in [2.05, 4.69) is 16.2 Å². The fourth-order valence-corrected chi connectivity index (χ4v) is 2.28. The van der Waals surface area contributed by atoms with Gasteiger partial charge in [-0.05, 0) is 17.5 Å². The fraction of sp³-hybridized carbons (Fsp3) is 0.375. The molecule has 1 heterocycles. The second-order valence-corrected chi connectivity index (χ2v) is 5.90. The molecule has 5 amide bonds. The minimum Gasteiger partial charge on any atom is -0.329 e. The molecule has 1 aromatic carbocycles. The van der Waals surface area contributed by atoms with E-state index in [0.29, 0.717) is 12.0 Å². The third-order valence-corrected chi connectivity index (χ3v) is 3.44. The van der Waals surface area contributed by atoms with E-state index in [9.17, 15) is 19.2 Å². The topological polar surface area (TPSA) is 108 Å². The zero-order chi connectivity index (χ0) is 17.7. The van der Waals surface area contributed by atoms with Crippen LogP contribution in [0.2, 0.25) is 0 Å². The molecule has 1 aliphatic heterocycles. The SMILES string of the molecule is CC(C)CC(=O)NNC(=O)c1ccccc1CN1C(=O)CNC1=O. The van der Waals surface area contributed by atoms with E-state index in [4.69, 9.17) is 0 Å². The lowest BCUT2D eigenvalue weighted by atomic mass is 10.1. The Morgan fingerprint density at radius 2 is 1.92 bits per heavy atom. The molecular weight excluding hydrogens is 312 g/mol. The van der Waals surface area contributed by atoms with Crippen LogP contribution in [-0.2, 0) is 16.1 Å². The molecule has 128 valence electrons. The van der Waals surface area contributed by atoms with Crippen molar-refractivity contribution < 1.29 is 19.2 Å². The summed E-state index contributed by atoms with van der Waals surface area (Å²) >= 11 is 0. The van der Waals surface area contributed by atoms with Gasteiger partial charge in [0.05, 0.1) is 13.1 Å². The summed E-state index contributed by atoms with van der Waals surface area (Å²) in [4.78, 5) is 48.2. The molecule has 1 aliphatic rings. The summed E-state index contributed by atoms with van der Waals surface area (Å²) in [6.45, 7) is 3.75. The normalized spacial score (nSPS) is 13.9. The summed E-state index contributed by atoms with van der Waals surface area (Å²) < 4.78 is 0. The van der Waals surface area contributed by atoms with Crippen molar-refractivity contribution in [3.63, 3.8) is 0 Å². The Bertz CT molecular complexity index is 656. The largest absolute Gasteiger partial charge is 0.329 e. The van der Waals surface area contributed by atoms with Crippen LogP contribution in [0.25, 0.3) is 0 Å². The highest BCUT2D eigenvalue weighted by Gasteiger charge is 2.29. The number of hydrazine groups is 1. The average molecular weight is 332 g/mol. The maximum atomic E-state index is 12.3. The van der Waals surface area contributed by atoms with Crippen molar-refractivity contribution in [3.8, 4) is 0 Å². The number of hydrogen-bond donors (Lipinski definition) is 3. The molecule has 0 saturated carbocycles. The summed E-state index contributed by atoms with van der Waals surface area (Å²) in [5.74, 6) is -0.964. The van der Waals surface area contributed by atoms with Crippen molar-refractivity contribution in [3.05, 3.63) is 35.4 Å². The maximum Gasteiger partial charge on any atom is 0.324 e. The molecule has 3 N–H and O–H groups in total. The van der Waals surface area contributed by atoms with Gasteiger partial charge in [0.25, 0.3) is 5.91 Å². The molecule has 1 saturated heterocycles. The number of rotatable bonds is 5. The van der Waals surface area contributed by atoms with Gasteiger partial charge in [0.1, 0.15) is 0 Å². The van der Waals surface area contributed by atoms with Gasteiger partial charge >= 0.3 is 6.03 Å². The van der Waals surface area contributed by atoms with Gasteiger partial charge in [-0.15, -0.1) is 0 Å². The van der Waals surface area contributed by atoms with Crippen LogP contribution in [0.3, 0.4) is 0 Å². The molecule has 0 aromatic heterocycles. The predicted molar refractivity (Wildman–Crippen MR) is 85.5 cm³/mol. The molecular formula is C16H20N4O4. The third-order valence-electron chi connectivity index (χ3n) is 3.44. The average Bonchev–Trinajstić information content (AvgIpc) is 2.84. The highest BCUT2D eigenvalue weighted by Crippen LogP contribution is 2.14. The van der Waals surface area contributed by atoms with Gasteiger partial charge < -0.3 is 5.32 Å². The van der Waals surface area contributed by atoms with Crippen molar-refractivity contribution in [2.75, 3.05) is 6.54 Å². The lowest BCUT2D eigenvalue weighted by molar-refractivity contribution is -0.125. The molecule has 2 rings (SSSR count). The number of hydrogen-bond acceptors (Lipinski definition) is 4. The predicted octanol–water partition coefficient (Wildman–Crippen LogP) is 0.545. The Hall–Kier alpha value is -2.90. The lowest BCUT2D eigenvalue weighted by Gasteiger charge is -2.16. The van der Waals surface area contributed by atoms with Gasteiger partial charge in [-0.3, -0.25) is 30.1 Å². The molecule has 24 heavy (non-hydrogen) atoms. The molecule has 0 spiro atoms. The Labute approximate surface area is 139 Å². The van der Waals surface area contributed by atoms with Crippen molar-refractivity contribution >= 4 is 23.8 Å². The maximum absolute atomic E-state index is 12.3. The molecule has 0 unspecified atom stereocenters. The molecule has 1 aromatic rings. The van der Waals surface area contributed by atoms with Crippen LogP contribution in [0.5, 0.6) is 0 Å². The fourth-order valence-electron chi connectivity index (χ4n) is 2.28. The third kappa shape index (κ3) is 4.31. The molecule has 1 fully saturated rings. The molecule has 8 nitrogen and oxygen atoms in total. The van der Waals surface area contributed by atoms with Gasteiger partial charge in [0.2, 0.25) is 11.8 Å². The van der Waals surface area contributed by atoms with Gasteiger partial charge in [0.15, 0.2) is 0 Å². The van der Waals surface area contributed by atoms with Crippen molar-refractivity contribution in [1.29, 1.82) is 0 Å². The quantitative estimate of drug-likeness (QED) is 0.540. The number of carbonyl (C=O) groups is 4. The smallest absolute Gasteiger partial charge is 0.324 e. The van der Waals surface area contributed by atoms with Crippen molar-refractivity contribution in [2.45, 2.75) is 26.8 Å². The van der Waals surface area contributed by atoms with Crippen molar-refractivity contribution in [1.82, 2.24) is 21.1 Å². The second kappa shape index (κ2) is 7.58. The number of amides is 5. The van der Waals surface area contributed by atoms with Crippen LogP contribution in [0.15, 0.2) is 24.3 Å². The minimum absolute atomic E-state index is 0.00575. The first-order chi connectivity index (χ1) is 11.4. The first-order valence-corrected chi connectivity index (χ1v) is 7.63. The molecule has 0 aliphatic carbocycles. The van der Waals surface area contributed by atoms with Gasteiger partial charge in [-0.2, -0.15) is 0 Å². The van der Waals surface area contributed by atoms with Gasteiger partial charge in [0, 0.05) is 12.0 Å². The summed E-state index contributed by atoms with van der Waals surface area (Å²) in [5, 5.41) is 2.43. The van der Waals surface area contributed by atoms with Crippen molar-refractivity contribution in [2.24, 2.45) is 5.92 Å². The van der Waals surface area contributed by atoms with Crippen LogP contribution in [0.4, 0.5) is 4.79 Å². The van der Waals surface area contributed by atoms with Crippen LogP contribution in [-0.4, -0.2) is 35.2 Å². The standard InChI is InChI=1S/C16H20N4O4/c1-10(2)7-13(21)18-19-15(23)12-6-4-3-5-11(12)9-20-14(22)8-17-16(20)24/h3-6,10H,7-9H2,1-2H3,(H,17,24)(H,18,21)(H,19,23). The summed E-state index contributed by atoms with van der Waals surface area (Å²) in [5.41, 5.74) is 5.50. The van der Waals surface area contributed by atoms with Crippen LogP contribution < -0.4 is 16.2 Å². The zero-order valence-electron chi connectivity index (χ0n) is 13.6. The zero-order valence-corrected chi connectivity index (χ0v) is 13.6. The number of urea groups is 1. The molecule has 0 bridgehead atoms. The summed E-state index contributed by atoms with van der Waals surface area (Å²) in [6, 6.07) is 6.12.